The molecule has 1 aromatic heterocycles. The molecular formula is C21H19FN2O3. The highest BCUT2D eigenvalue weighted by molar-refractivity contribution is 6.07. The lowest BCUT2D eigenvalue weighted by Gasteiger charge is -2.06. The van der Waals surface area contributed by atoms with Crippen LogP contribution in [0.5, 0.6) is 11.5 Å². The van der Waals surface area contributed by atoms with Gasteiger partial charge in [0, 0.05) is 0 Å². The van der Waals surface area contributed by atoms with Gasteiger partial charge in [0.2, 0.25) is 0 Å². The first kappa shape index (κ1) is 18.4. The number of phenolic OH excluding ortho intramolecular Hbond substituents is 1. The number of aromatic nitrogens is 2. The first-order chi connectivity index (χ1) is 13.0. The number of halogens is 1. The number of allylic oxidation sites excluding steroid dienone is 1. The van der Waals surface area contributed by atoms with Crippen LogP contribution < -0.4 is 4.74 Å². The third-order valence-electron chi connectivity index (χ3n) is 4.06. The standard InChI is InChI=1S/C21H19FN2O3/c1-3-27-21-12-15(5-11-20(21)26)4-10-19(25)18-13-23-24(14(18)2)17-8-6-16(22)7-9-17/h4-13,26H,3H2,1-2H3. The Kier molecular flexibility index (Phi) is 5.35. The van der Waals surface area contributed by atoms with Crippen LogP contribution in [0, 0.1) is 12.7 Å². The van der Waals surface area contributed by atoms with E-state index < -0.39 is 0 Å². The summed E-state index contributed by atoms with van der Waals surface area (Å²) < 4.78 is 20.0. The van der Waals surface area contributed by atoms with Crippen molar-refractivity contribution in [2.24, 2.45) is 0 Å². The van der Waals surface area contributed by atoms with Crippen LogP contribution in [0.1, 0.15) is 28.5 Å². The molecule has 0 saturated carbocycles. The maximum absolute atomic E-state index is 13.1. The summed E-state index contributed by atoms with van der Waals surface area (Å²) in [6, 6.07) is 10.8. The monoisotopic (exact) mass is 366 g/mol. The van der Waals surface area contributed by atoms with Crippen LogP contribution in [0.4, 0.5) is 4.39 Å². The largest absolute Gasteiger partial charge is 0.504 e. The highest BCUT2D eigenvalue weighted by Crippen LogP contribution is 2.27. The molecule has 138 valence electrons. The second kappa shape index (κ2) is 7.86. The van der Waals surface area contributed by atoms with Crippen LogP contribution in [0.2, 0.25) is 0 Å². The van der Waals surface area contributed by atoms with Gasteiger partial charge in [-0.2, -0.15) is 5.10 Å². The van der Waals surface area contributed by atoms with E-state index in [-0.39, 0.29) is 17.3 Å². The molecule has 0 aliphatic carbocycles. The molecule has 0 aliphatic heterocycles. The van der Waals surface area contributed by atoms with E-state index >= 15 is 0 Å². The average molecular weight is 366 g/mol. The van der Waals surface area contributed by atoms with Crippen molar-refractivity contribution in [3.05, 3.63) is 77.4 Å². The number of phenols is 1. The lowest BCUT2D eigenvalue weighted by Crippen LogP contribution is -2.01. The van der Waals surface area contributed by atoms with Gasteiger partial charge in [0.1, 0.15) is 5.82 Å². The van der Waals surface area contributed by atoms with Crippen molar-refractivity contribution < 1.29 is 19.0 Å². The number of aromatic hydroxyl groups is 1. The Hall–Kier alpha value is -3.41. The zero-order valence-corrected chi connectivity index (χ0v) is 15.0. The number of carbonyl (C=O) groups is 1. The number of ketones is 1. The van der Waals surface area contributed by atoms with Crippen molar-refractivity contribution >= 4 is 11.9 Å². The van der Waals surface area contributed by atoms with Crippen molar-refractivity contribution in [2.75, 3.05) is 6.61 Å². The van der Waals surface area contributed by atoms with Gasteiger partial charge in [-0.1, -0.05) is 12.1 Å². The number of ether oxygens (including phenoxy) is 1. The fourth-order valence-corrected chi connectivity index (χ4v) is 2.66. The molecule has 1 heterocycles. The minimum absolute atomic E-state index is 0.0525. The molecule has 5 nitrogen and oxygen atoms in total. The van der Waals surface area contributed by atoms with E-state index in [4.69, 9.17) is 4.74 Å². The Morgan fingerprint density at radius 3 is 2.70 bits per heavy atom. The summed E-state index contributed by atoms with van der Waals surface area (Å²) in [7, 11) is 0. The number of benzene rings is 2. The number of nitrogens with zero attached hydrogens (tertiary/aromatic N) is 2. The Morgan fingerprint density at radius 2 is 2.00 bits per heavy atom. The third-order valence-corrected chi connectivity index (χ3v) is 4.06. The summed E-state index contributed by atoms with van der Waals surface area (Å²) in [5, 5.41) is 14.0. The van der Waals surface area contributed by atoms with E-state index in [1.54, 1.807) is 41.9 Å². The Balaban J connectivity index is 1.82. The summed E-state index contributed by atoms with van der Waals surface area (Å²) in [4.78, 5) is 12.5. The number of hydrogen-bond acceptors (Lipinski definition) is 4. The quantitative estimate of drug-likeness (QED) is 0.521. The maximum atomic E-state index is 13.1. The van der Waals surface area contributed by atoms with Gasteiger partial charge in [0.15, 0.2) is 17.3 Å². The molecule has 0 fully saturated rings. The zero-order valence-electron chi connectivity index (χ0n) is 15.0. The Bertz CT molecular complexity index is 991. The number of hydrogen-bond donors (Lipinski definition) is 1. The molecule has 0 bridgehead atoms. The van der Waals surface area contributed by atoms with Crippen LogP contribution in [0.25, 0.3) is 11.8 Å². The minimum Gasteiger partial charge on any atom is -0.504 e. The molecule has 0 saturated heterocycles. The molecule has 2 aromatic carbocycles. The van der Waals surface area contributed by atoms with Crippen LogP contribution >= 0.6 is 0 Å². The van der Waals surface area contributed by atoms with Crippen molar-refractivity contribution in [3.8, 4) is 17.2 Å². The molecule has 0 aliphatic rings. The van der Waals surface area contributed by atoms with Crippen molar-refractivity contribution in [1.29, 1.82) is 0 Å². The summed E-state index contributed by atoms with van der Waals surface area (Å²) in [5.41, 5.74) is 2.53. The lowest BCUT2D eigenvalue weighted by molar-refractivity contribution is 0.104. The first-order valence-electron chi connectivity index (χ1n) is 8.48. The van der Waals surface area contributed by atoms with Gasteiger partial charge in [0.25, 0.3) is 0 Å². The molecule has 0 radical (unpaired) electrons. The van der Waals surface area contributed by atoms with E-state index in [0.29, 0.717) is 29.3 Å². The Labute approximate surface area is 156 Å². The number of rotatable bonds is 6. The zero-order chi connectivity index (χ0) is 19.4. The molecule has 3 aromatic rings. The van der Waals surface area contributed by atoms with E-state index in [2.05, 4.69) is 5.10 Å². The highest BCUT2D eigenvalue weighted by atomic mass is 19.1. The predicted molar refractivity (Wildman–Crippen MR) is 101 cm³/mol. The van der Waals surface area contributed by atoms with Gasteiger partial charge in [-0.3, -0.25) is 4.79 Å². The fourth-order valence-electron chi connectivity index (χ4n) is 2.66. The lowest BCUT2D eigenvalue weighted by atomic mass is 10.1. The average Bonchev–Trinajstić information content (AvgIpc) is 3.04. The van der Waals surface area contributed by atoms with E-state index in [9.17, 15) is 14.3 Å². The topological polar surface area (TPSA) is 64.3 Å². The first-order valence-corrected chi connectivity index (χ1v) is 8.48. The van der Waals surface area contributed by atoms with Crippen LogP contribution in [-0.4, -0.2) is 27.3 Å². The maximum Gasteiger partial charge on any atom is 0.189 e. The molecule has 0 atom stereocenters. The van der Waals surface area contributed by atoms with Gasteiger partial charge < -0.3 is 9.84 Å². The van der Waals surface area contributed by atoms with Gasteiger partial charge in [-0.05, 0) is 61.9 Å². The van der Waals surface area contributed by atoms with Crippen LogP contribution in [0.15, 0.2) is 54.7 Å². The highest BCUT2D eigenvalue weighted by Gasteiger charge is 2.13. The molecule has 0 unspecified atom stereocenters. The van der Waals surface area contributed by atoms with Gasteiger partial charge >= 0.3 is 0 Å². The smallest absolute Gasteiger partial charge is 0.189 e. The van der Waals surface area contributed by atoms with Gasteiger partial charge in [0.05, 0.1) is 29.7 Å². The molecule has 1 N–H and O–H groups in total. The van der Waals surface area contributed by atoms with E-state index in [0.717, 1.165) is 5.56 Å². The minimum atomic E-state index is -0.330. The molecule has 3 rings (SSSR count). The molecule has 0 amide bonds. The Morgan fingerprint density at radius 1 is 1.26 bits per heavy atom. The molecule has 0 spiro atoms. The second-order valence-corrected chi connectivity index (χ2v) is 5.89. The van der Waals surface area contributed by atoms with Gasteiger partial charge in [-0.25, -0.2) is 9.07 Å². The molecule has 27 heavy (non-hydrogen) atoms. The SMILES string of the molecule is CCOc1cc(C=CC(=O)c2cnn(-c3ccc(F)cc3)c2C)ccc1O. The third kappa shape index (κ3) is 4.06. The van der Waals surface area contributed by atoms with Crippen molar-refractivity contribution in [3.63, 3.8) is 0 Å². The van der Waals surface area contributed by atoms with Crippen molar-refractivity contribution in [2.45, 2.75) is 13.8 Å². The number of carbonyl (C=O) groups excluding carboxylic acids is 1. The van der Waals surface area contributed by atoms with E-state index in [1.807, 2.05) is 6.92 Å². The van der Waals surface area contributed by atoms with Crippen LogP contribution in [-0.2, 0) is 0 Å². The summed E-state index contributed by atoms with van der Waals surface area (Å²) in [6.45, 7) is 4.04. The second-order valence-electron chi connectivity index (χ2n) is 5.89. The molecular weight excluding hydrogens is 347 g/mol. The predicted octanol–water partition coefficient (Wildman–Crippen LogP) is 4.32. The fraction of sp³-hybridized carbons (Fsp3) is 0.143. The normalized spacial score (nSPS) is 11.1. The van der Waals surface area contributed by atoms with E-state index in [1.165, 1.54) is 30.5 Å². The van der Waals surface area contributed by atoms with Crippen molar-refractivity contribution in [1.82, 2.24) is 9.78 Å². The summed E-state index contributed by atoms with van der Waals surface area (Å²) >= 11 is 0. The van der Waals surface area contributed by atoms with Crippen LogP contribution in [0.3, 0.4) is 0 Å². The summed E-state index contributed by atoms with van der Waals surface area (Å²) in [6.07, 6.45) is 4.59. The van der Waals surface area contributed by atoms with Gasteiger partial charge in [-0.15, -0.1) is 0 Å². The summed E-state index contributed by atoms with van der Waals surface area (Å²) in [5.74, 6) is -0.112. The molecule has 6 heteroatoms.